The molecule has 2 aromatic rings. The summed E-state index contributed by atoms with van der Waals surface area (Å²) in [6, 6.07) is 10.1. The molecule has 1 aromatic carbocycles. The summed E-state index contributed by atoms with van der Waals surface area (Å²) in [5, 5.41) is 3.89. The highest BCUT2D eigenvalue weighted by Crippen LogP contribution is 2.24. The summed E-state index contributed by atoms with van der Waals surface area (Å²) in [5.41, 5.74) is 2.91. The molecule has 0 atom stereocenters. The van der Waals surface area contributed by atoms with Crippen molar-refractivity contribution in [3.63, 3.8) is 0 Å². The van der Waals surface area contributed by atoms with Gasteiger partial charge in [0.15, 0.2) is 0 Å². The summed E-state index contributed by atoms with van der Waals surface area (Å²) < 4.78 is 0. The van der Waals surface area contributed by atoms with Crippen LogP contribution in [0.4, 0.5) is 0 Å². The Morgan fingerprint density at radius 3 is 2.11 bits per heavy atom. The van der Waals surface area contributed by atoms with Crippen molar-refractivity contribution in [3.8, 4) is 0 Å². The fourth-order valence-corrected chi connectivity index (χ4v) is 4.76. The van der Waals surface area contributed by atoms with Gasteiger partial charge in [-0.2, -0.15) is 11.3 Å². The van der Waals surface area contributed by atoms with Gasteiger partial charge in [-0.05, 0) is 67.2 Å². The van der Waals surface area contributed by atoms with Crippen LogP contribution in [0.25, 0.3) is 0 Å². The van der Waals surface area contributed by atoms with E-state index >= 15 is 0 Å². The van der Waals surface area contributed by atoms with Crippen molar-refractivity contribution < 1.29 is 9.59 Å². The summed E-state index contributed by atoms with van der Waals surface area (Å²) in [6.45, 7) is 3.46. The van der Waals surface area contributed by atoms with Gasteiger partial charge in [0.1, 0.15) is 0 Å². The largest absolute Gasteiger partial charge is 0.339 e. The Labute approximate surface area is 164 Å². The van der Waals surface area contributed by atoms with Crippen LogP contribution in [0, 0.1) is 5.92 Å². The van der Waals surface area contributed by atoms with E-state index in [0.717, 1.165) is 69.4 Å². The molecule has 3 heterocycles. The van der Waals surface area contributed by atoms with E-state index in [9.17, 15) is 9.59 Å². The molecule has 0 N–H and O–H groups in total. The number of piperidine rings is 1. The van der Waals surface area contributed by atoms with Crippen LogP contribution >= 0.6 is 11.3 Å². The Kier molecular flexibility index (Phi) is 5.58. The first-order valence-corrected chi connectivity index (χ1v) is 10.8. The second-order valence-electron chi connectivity index (χ2n) is 7.65. The molecule has 4 nitrogen and oxygen atoms in total. The standard InChI is InChI=1S/C22H26N2O2S/c25-21(23-10-1-2-11-23)19-5-3-17(4-6-19)15-18-7-12-24(13-8-18)22(26)20-9-14-27-16-20/h3-6,9,14,16,18H,1-2,7-8,10-13,15H2. The summed E-state index contributed by atoms with van der Waals surface area (Å²) in [5.74, 6) is 0.940. The minimum atomic E-state index is 0.166. The number of carbonyl (C=O) groups is 2. The zero-order chi connectivity index (χ0) is 18.6. The lowest BCUT2D eigenvalue weighted by atomic mass is 9.89. The Balaban J connectivity index is 1.29. The van der Waals surface area contributed by atoms with Gasteiger partial charge in [0.2, 0.25) is 0 Å². The number of rotatable bonds is 4. The highest BCUT2D eigenvalue weighted by atomic mass is 32.1. The van der Waals surface area contributed by atoms with Crippen molar-refractivity contribution in [2.24, 2.45) is 5.92 Å². The molecule has 27 heavy (non-hydrogen) atoms. The minimum absolute atomic E-state index is 0.166. The van der Waals surface area contributed by atoms with Gasteiger partial charge < -0.3 is 9.80 Å². The van der Waals surface area contributed by atoms with E-state index in [-0.39, 0.29) is 11.8 Å². The fraction of sp³-hybridized carbons (Fsp3) is 0.455. The number of thiophene rings is 1. The van der Waals surface area contributed by atoms with Gasteiger partial charge in [-0.3, -0.25) is 9.59 Å². The van der Waals surface area contributed by atoms with E-state index in [1.807, 2.05) is 38.8 Å². The van der Waals surface area contributed by atoms with Crippen LogP contribution in [0.3, 0.4) is 0 Å². The van der Waals surface area contributed by atoms with Crippen LogP contribution in [0.1, 0.15) is 52.0 Å². The number of amides is 2. The zero-order valence-corrected chi connectivity index (χ0v) is 16.4. The summed E-state index contributed by atoms with van der Waals surface area (Å²) in [6.07, 6.45) is 5.36. The third-order valence-corrected chi connectivity index (χ3v) is 6.47. The van der Waals surface area contributed by atoms with Gasteiger partial charge in [0.25, 0.3) is 11.8 Å². The van der Waals surface area contributed by atoms with Crippen LogP contribution in [-0.2, 0) is 6.42 Å². The Morgan fingerprint density at radius 2 is 1.48 bits per heavy atom. The van der Waals surface area contributed by atoms with E-state index in [0.29, 0.717) is 5.92 Å². The van der Waals surface area contributed by atoms with Crippen molar-refractivity contribution in [1.29, 1.82) is 0 Å². The van der Waals surface area contributed by atoms with Gasteiger partial charge in [-0.25, -0.2) is 0 Å². The molecule has 0 aliphatic carbocycles. The first kappa shape index (κ1) is 18.2. The molecule has 1 aromatic heterocycles. The highest BCUT2D eigenvalue weighted by molar-refractivity contribution is 7.08. The lowest BCUT2D eigenvalue weighted by Gasteiger charge is -2.32. The molecular weight excluding hydrogens is 356 g/mol. The third kappa shape index (κ3) is 4.24. The number of nitrogens with zero attached hydrogens (tertiary/aromatic N) is 2. The maximum Gasteiger partial charge on any atom is 0.254 e. The van der Waals surface area contributed by atoms with Crippen LogP contribution in [-0.4, -0.2) is 47.8 Å². The summed E-state index contributed by atoms with van der Waals surface area (Å²) in [4.78, 5) is 28.8. The van der Waals surface area contributed by atoms with Crippen molar-refractivity contribution in [1.82, 2.24) is 9.80 Å². The van der Waals surface area contributed by atoms with Crippen LogP contribution in [0.2, 0.25) is 0 Å². The summed E-state index contributed by atoms with van der Waals surface area (Å²) >= 11 is 1.57. The van der Waals surface area contributed by atoms with Crippen molar-refractivity contribution in [2.75, 3.05) is 26.2 Å². The molecule has 2 saturated heterocycles. The fourth-order valence-electron chi connectivity index (χ4n) is 4.13. The molecule has 5 heteroatoms. The van der Waals surface area contributed by atoms with E-state index in [1.54, 1.807) is 11.3 Å². The Morgan fingerprint density at radius 1 is 0.852 bits per heavy atom. The average molecular weight is 383 g/mol. The SMILES string of the molecule is O=C(c1ccc(CC2CCN(C(=O)c3ccsc3)CC2)cc1)N1CCCC1. The third-order valence-electron chi connectivity index (χ3n) is 5.79. The number of carbonyl (C=O) groups excluding carboxylic acids is 2. The Bertz CT molecular complexity index is 771. The predicted molar refractivity (Wildman–Crippen MR) is 108 cm³/mol. The van der Waals surface area contributed by atoms with Crippen molar-refractivity contribution in [3.05, 3.63) is 57.8 Å². The topological polar surface area (TPSA) is 40.6 Å². The first-order valence-electron chi connectivity index (χ1n) is 9.90. The Hall–Kier alpha value is -2.14. The van der Waals surface area contributed by atoms with Gasteiger partial charge in [0, 0.05) is 37.1 Å². The molecule has 0 radical (unpaired) electrons. The lowest BCUT2D eigenvalue weighted by molar-refractivity contribution is 0.0690. The molecule has 0 saturated carbocycles. The lowest BCUT2D eigenvalue weighted by Crippen LogP contribution is -2.38. The number of hydrogen-bond donors (Lipinski definition) is 0. The van der Waals surface area contributed by atoms with Crippen LogP contribution in [0.15, 0.2) is 41.1 Å². The zero-order valence-electron chi connectivity index (χ0n) is 15.6. The van der Waals surface area contributed by atoms with Crippen molar-refractivity contribution >= 4 is 23.2 Å². The average Bonchev–Trinajstić information content (AvgIpc) is 3.42. The maximum absolute atomic E-state index is 12.4. The van der Waals surface area contributed by atoms with Gasteiger partial charge in [-0.15, -0.1) is 0 Å². The quantitative estimate of drug-likeness (QED) is 0.799. The normalized spacial score (nSPS) is 18.1. The molecule has 0 unspecified atom stereocenters. The second kappa shape index (κ2) is 8.26. The van der Waals surface area contributed by atoms with E-state index in [2.05, 4.69) is 12.1 Å². The van der Waals surface area contributed by atoms with E-state index in [1.165, 1.54) is 5.56 Å². The van der Waals surface area contributed by atoms with E-state index < -0.39 is 0 Å². The molecule has 2 aliphatic heterocycles. The second-order valence-corrected chi connectivity index (χ2v) is 8.43. The molecular formula is C22H26N2O2S. The minimum Gasteiger partial charge on any atom is -0.339 e. The number of benzene rings is 1. The smallest absolute Gasteiger partial charge is 0.254 e. The molecule has 0 bridgehead atoms. The van der Waals surface area contributed by atoms with Crippen molar-refractivity contribution in [2.45, 2.75) is 32.1 Å². The molecule has 142 valence electrons. The number of likely N-dealkylation sites (tertiary alicyclic amines) is 2. The molecule has 4 rings (SSSR count). The van der Waals surface area contributed by atoms with Crippen LogP contribution < -0.4 is 0 Å². The molecule has 0 spiro atoms. The van der Waals surface area contributed by atoms with E-state index in [4.69, 9.17) is 0 Å². The predicted octanol–water partition coefficient (Wildman–Crippen LogP) is 4.08. The van der Waals surface area contributed by atoms with Gasteiger partial charge in [-0.1, -0.05) is 12.1 Å². The molecule has 2 amide bonds. The van der Waals surface area contributed by atoms with Gasteiger partial charge >= 0.3 is 0 Å². The monoisotopic (exact) mass is 382 g/mol. The molecule has 2 fully saturated rings. The van der Waals surface area contributed by atoms with Crippen LogP contribution in [0.5, 0.6) is 0 Å². The molecule has 2 aliphatic rings. The first-order chi connectivity index (χ1) is 13.2. The highest BCUT2D eigenvalue weighted by Gasteiger charge is 2.24. The summed E-state index contributed by atoms with van der Waals surface area (Å²) in [7, 11) is 0. The maximum atomic E-state index is 12.4. The van der Waals surface area contributed by atoms with Gasteiger partial charge in [0.05, 0.1) is 5.56 Å². The number of hydrogen-bond acceptors (Lipinski definition) is 3.